The minimum atomic E-state index is -0.997. The fraction of sp³-hybridized carbons (Fsp3) is 0.641. The molecule has 0 aliphatic heterocycles. The number of aliphatic hydroxyl groups excluding tert-OH is 2. The van der Waals surface area contributed by atoms with Crippen LogP contribution >= 0.6 is 0 Å². The van der Waals surface area contributed by atoms with Gasteiger partial charge >= 0.3 is 11.9 Å². The van der Waals surface area contributed by atoms with Crippen LogP contribution in [-0.2, 0) is 14.3 Å². The number of aliphatic hydroxyl groups is 2. The monoisotopic (exact) mass is 618 g/mol. The van der Waals surface area contributed by atoms with Gasteiger partial charge in [-0.2, -0.15) is 0 Å². The van der Waals surface area contributed by atoms with Crippen molar-refractivity contribution < 1.29 is 29.3 Å². The number of ether oxygens (including phenoxy) is 2. The number of carbonyl (C=O) groups is 2. The van der Waals surface area contributed by atoms with Gasteiger partial charge in [0.2, 0.25) is 0 Å². The first-order valence-corrected chi connectivity index (χ1v) is 17.0. The molecule has 1 unspecified atom stereocenters. The van der Waals surface area contributed by atoms with Crippen LogP contribution in [0, 0.1) is 39.9 Å². The van der Waals surface area contributed by atoms with Crippen molar-refractivity contribution in [2.75, 3.05) is 0 Å². The molecule has 4 aliphatic carbocycles. The predicted molar refractivity (Wildman–Crippen MR) is 176 cm³/mol. The maximum absolute atomic E-state index is 13.1. The van der Waals surface area contributed by atoms with Gasteiger partial charge in [-0.15, -0.1) is 0 Å². The Labute approximate surface area is 270 Å². The van der Waals surface area contributed by atoms with Gasteiger partial charge in [-0.1, -0.05) is 84.9 Å². The summed E-state index contributed by atoms with van der Waals surface area (Å²) < 4.78 is 12.2. The van der Waals surface area contributed by atoms with Crippen LogP contribution in [-0.4, -0.2) is 46.6 Å². The first kappa shape index (κ1) is 33.7. The minimum Gasteiger partial charge on any atom is -0.458 e. The molecule has 0 spiro atoms. The molecule has 1 aromatic rings. The predicted octanol–water partition coefficient (Wildman–Crippen LogP) is 7.60. The molecule has 4 aliphatic rings. The van der Waals surface area contributed by atoms with Gasteiger partial charge in [0.1, 0.15) is 18.3 Å². The topological polar surface area (TPSA) is 93.1 Å². The van der Waals surface area contributed by atoms with E-state index in [1.54, 1.807) is 24.3 Å². The number of hydrogen-bond acceptors (Lipinski definition) is 6. The van der Waals surface area contributed by atoms with Gasteiger partial charge in [-0.05, 0) is 96.5 Å². The highest BCUT2D eigenvalue weighted by Crippen LogP contribution is 2.67. The molecule has 1 fully saturated rings. The molecule has 2 N–H and O–H groups in total. The van der Waals surface area contributed by atoms with E-state index in [-0.39, 0.29) is 11.8 Å². The Kier molecular flexibility index (Phi) is 9.09. The standard InChI is InChI=1S/C39H54O6/c1-22(2)23(3)15-16-24(4)28-18-19-29-27-17-20-31-37(6,7)34(45-36(43)26-13-11-10-12-14-26)30(41)21-38(31,8)32(27)33(42)35(39(28,29)9)44-25(5)40/h10-14,19,22,24,28,30-31,33-35,41-42H,3,15-18,20-21H2,1-2,4-9H3/t24-,28-,30-,31+,33-,34+,35+,38+,39?/m1/s1. The zero-order valence-corrected chi connectivity index (χ0v) is 28.6. The second kappa shape index (κ2) is 12.2. The summed E-state index contributed by atoms with van der Waals surface area (Å²) in [5.74, 6) is 0.176. The number of hydrogen-bond donors (Lipinski definition) is 2. The molecule has 246 valence electrons. The van der Waals surface area contributed by atoms with E-state index < -0.39 is 52.6 Å². The van der Waals surface area contributed by atoms with Gasteiger partial charge in [0.15, 0.2) is 0 Å². The molecule has 1 aromatic carbocycles. The number of esters is 2. The highest BCUT2D eigenvalue weighted by atomic mass is 16.6. The zero-order valence-electron chi connectivity index (χ0n) is 28.6. The van der Waals surface area contributed by atoms with Crippen LogP contribution in [0.4, 0.5) is 0 Å². The lowest BCUT2D eigenvalue weighted by Crippen LogP contribution is -2.63. The largest absolute Gasteiger partial charge is 0.458 e. The average Bonchev–Trinajstić information content (AvgIpc) is 3.33. The summed E-state index contributed by atoms with van der Waals surface area (Å²) in [5.41, 5.74) is 3.31. The number of fused-ring (bicyclic) bond motifs is 4. The Morgan fingerprint density at radius 2 is 1.69 bits per heavy atom. The molecule has 45 heavy (non-hydrogen) atoms. The number of rotatable bonds is 8. The summed E-state index contributed by atoms with van der Waals surface area (Å²) >= 11 is 0. The normalized spacial score (nSPS) is 35.9. The molecule has 0 saturated heterocycles. The molecule has 0 aromatic heterocycles. The highest BCUT2D eigenvalue weighted by molar-refractivity contribution is 5.89. The van der Waals surface area contributed by atoms with Gasteiger partial charge in [0, 0.05) is 17.8 Å². The molecule has 0 radical (unpaired) electrons. The smallest absolute Gasteiger partial charge is 0.338 e. The van der Waals surface area contributed by atoms with Crippen molar-refractivity contribution in [3.05, 3.63) is 70.8 Å². The van der Waals surface area contributed by atoms with E-state index in [0.29, 0.717) is 23.8 Å². The third kappa shape index (κ3) is 5.54. The average molecular weight is 619 g/mol. The zero-order chi connectivity index (χ0) is 33.1. The molecule has 6 nitrogen and oxygen atoms in total. The maximum atomic E-state index is 13.1. The van der Waals surface area contributed by atoms with Crippen molar-refractivity contribution in [2.45, 2.75) is 118 Å². The van der Waals surface area contributed by atoms with Crippen molar-refractivity contribution in [3.8, 4) is 0 Å². The first-order chi connectivity index (χ1) is 21.0. The van der Waals surface area contributed by atoms with Gasteiger partial charge in [-0.25, -0.2) is 4.79 Å². The van der Waals surface area contributed by atoms with E-state index in [1.807, 2.05) is 6.07 Å². The van der Waals surface area contributed by atoms with Crippen molar-refractivity contribution in [1.82, 2.24) is 0 Å². The second-order valence-corrected chi connectivity index (χ2v) is 15.7. The van der Waals surface area contributed by atoms with Gasteiger partial charge in [-0.3, -0.25) is 4.79 Å². The lowest BCUT2D eigenvalue weighted by atomic mass is 9.45. The van der Waals surface area contributed by atoms with Gasteiger partial charge in [0.25, 0.3) is 0 Å². The van der Waals surface area contributed by atoms with Crippen molar-refractivity contribution in [1.29, 1.82) is 0 Å². The fourth-order valence-corrected chi connectivity index (χ4v) is 10.0. The Bertz CT molecular complexity index is 1390. The summed E-state index contributed by atoms with van der Waals surface area (Å²) in [5, 5.41) is 24.1. The second-order valence-electron chi connectivity index (χ2n) is 15.7. The SMILES string of the molecule is C=C(CC[C@@H](C)[C@H]1CC=C2C3=C([C@@H](O)[C@H](OC(C)=O)C21C)[C@@]1(C)C[C@@H](O)[C@H](OC(=O)c2ccccc2)C(C)(C)[C@@H]1CC3)C(C)C. The molecule has 0 bridgehead atoms. The Hall–Kier alpha value is -2.70. The maximum Gasteiger partial charge on any atom is 0.338 e. The summed E-state index contributed by atoms with van der Waals surface area (Å²) in [4.78, 5) is 25.8. The van der Waals surface area contributed by atoms with Gasteiger partial charge in [0.05, 0.1) is 11.7 Å². The van der Waals surface area contributed by atoms with Crippen LogP contribution in [0.25, 0.3) is 0 Å². The molecule has 9 atom stereocenters. The molecule has 0 heterocycles. The van der Waals surface area contributed by atoms with E-state index >= 15 is 0 Å². The molecular formula is C39H54O6. The molecule has 5 rings (SSSR count). The summed E-state index contributed by atoms with van der Waals surface area (Å²) in [6.45, 7) is 20.9. The van der Waals surface area contributed by atoms with Crippen LogP contribution < -0.4 is 0 Å². The lowest BCUT2D eigenvalue weighted by Gasteiger charge is -2.62. The van der Waals surface area contributed by atoms with Crippen molar-refractivity contribution in [3.63, 3.8) is 0 Å². The third-order valence-corrected chi connectivity index (χ3v) is 12.4. The van der Waals surface area contributed by atoms with Crippen LogP contribution in [0.1, 0.15) is 104 Å². The van der Waals surface area contributed by atoms with Crippen LogP contribution in [0.5, 0.6) is 0 Å². The Morgan fingerprint density at radius 3 is 2.31 bits per heavy atom. The highest BCUT2D eigenvalue weighted by Gasteiger charge is 2.65. The van der Waals surface area contributed by atoms with Crippen LogP contribution in [0.15, 0.2) is 65.3 Å². The molecule has 6 heteroatoms. The molecule has 1 saturated carbocycles. The summed E-state index contributed by atoms with van der Waals surface area (Å²) in [6.07, 6.45) is 3.79. The van der Waals surface area contributed by atoms with Gasteiger partial charge < -0.3 is 19.7 Å². The first-order valence-electron chi connectivity index (χ1n) is 17.0. The van der Waals surface area contributed by atoms with E-state index in [2.05, 4.69) is 61.1 Å². The minimum absolute atomic E-state index is 0.0245. The number of benzene rings is 1. The Balaban J connectivity index is 1.50. The van der Waals surface area contributed by atoms with Crippen LogP contribution in [0.2, 0.25) is 0 Å². The van der Waals surface area contributed by atoms with E-state index in [9.17, 15) is 19.8 Å². The quantitative estimate of drug-likeness (QED) is 0.230. The van der Waals surface area contributed by atoms with E-state index in [1.165, 1.54) is 23.6 Å². The summed E-state index contributed by atoms with van der Waals surface area (Å²) in [7, 11) is 0. The van der Waals surface area contributed by atoms with Crippen LogP contribution in [0.3, 0.4) is 0 Å². The van der Waals surface area contributed by atoms with Crippen molar-refractivity contribution >= 4 is 11.9 Å². The Morgan fingerprint density at radius 1 is 1.02 bits per heavy atom. The number of carbonyl (C=O) groups excluding carboxylic acids is 2. The van der Waals surface area contributed by atoms with Crippen molar-refractivity contribution in [2.24, 2.45) is 39.9 Å². The lowest BCUT2D eigenvalue weighted by molar-refractivity contribution is -0.177. The van der Waals surface area contributed by atoms with E-state index in [4.69, 9.17) is 9.47 Å². The summed E-state index contributed by atoms with van der Waals surface area (Å²) in [6, 6.07) is 8.90. The van der Waals surface area contributed by atoms with E-state index in [0.717, 1.165) is 37.7 Å². The number of allylic oxidation sites excluding steroid dienone is 3. The fourth-order valence-electron chi connectivity index (χ4n) is 10.0. The molecular weight excluding hydrogens is 564 g/mol. The molecule has 0 amide bonds. The third-order valence-electron chi connectivity index (χ3n) is 12.4.